The fourth-order valence-electron chi connectivity index (χ4n) is 3.02. The van der Waals surface area contributed by atoms with Crippen LogP contribution in [-0.2, 0) is 6.42 Å². The molecule has 0 spiro atoms. The molecule has 1 heterocycles. The average molecular weight is 305 g/mol. The van der Waals surface area contributed by atoms with E-state index in [4.69, 9.17) is 4.74 Å². The van der Waals surface area contributed by atoms with Gasteiger partial charge < -0.3 is 9.84 Å². The number of hydrogen-bond donors (Lipinski definition) is 1. The molecule has 2 atom stereocenters. The molecule has 0 saturated heterocycles. The van der Waals surface area contributed by atoms with Crippen LogP contribution in [0.5, 0.6) is 5.75 Å². The van der Waals surface area contributed by atoms with E-state index < -0.39 is 30.1 Å². The van der Waals surface area contributed by atoms with Crippen molar-refractivity contribution in [3.8, 4) is 5.75 Å². The number of nitrogens with zero attached hydrogens (tertiary/aromatic N) is 1. The molecule has 21 heavy (non-hydrogen) atoms. The van der Waals surface area contributed by atoms with E-state index in [1.165, 1.54) is 6.92 Å². The van der Waals surface area contributed by atoms with Gasteiger partial charge in [0.25, 0.3) is 6.43 Å². The zero-order valence-electron chi connectivity index (χ0n) is 11.3. The van der Waals surface area contributed by atoms with Gasteiger partial charge in [0.2, 0.25) is 0 Å². The topological polar surface area (TPSA) is 42.4 Å². The summed E-state index contributed by atoms with van der Waals surface area (Å²) in [6.45, 7) is 1.46. The van der Waals surface area contributed by atoms with Gasteiger partial charge in [-0.25, -0.2) is 17.6 Å². The minimum atomic E-state index is -2.90. The minimum absolute atomic E-state index is 0.161. The lowest BCUT2D eigenvalue weighted by atomic mass is 9.81. The summed E-state index contributed by atoms with van der Waals surface area (Å²) in [5.74, 6) is 0.161. The molecule has 7 heteroatoms. The Kier molecular flexibility index (Phi) is 3.35. The fourth-order valence-corrected chi connectivity index (χ4v) is 3.02. The van der Waals surface area contributed by atoms with Gasteiger partial charge in [-0.1, -0.05) is 0 Å². The molecule has 0 amide bonds. The Morgan fingerprint density at radius 2 is 2.10 bits per heavy atom. The van der Waals surface area contributed by atoms with Gasteiger partial charge in [-0.05, 0) is 6.92 Å². The van der Waals surface area contributed by atoms with Crippen molar-refractivity contribution < 1.29 is 27.4 Å². The van der Waals surface area contributed by atoms with E-state index >= 15 is 0 Å². The second-order valence-electron chi connectivity index (χ2n) is 5.93. The molecule has 1 fully saturated rings. The number of alkyl halides is 4. The van der Waals surface area contributed by atoms with Gasteiger partial charge in [0, 0.05) is 30.4 Å². The van der Waals surface area contributed by atoms with Crippen LogP contribution in [0.25, 0.3) is 0 Å². The molecular weight excluding hydrogens is 290 g/mol. The monoisotopic (exact) mass is 305 g/mol. The maximum absolute atomic E-state index is 13.7. The van der Waals surface area contributed by atoms with Crippen molar-refractivity contribution in [1.29, 1.82) is 0 Å². The predicted octanol–water partition coefficient (Wildman–Crippen LogP) is 3.22. The van der Waals surface area contributed by atoms with Gasteiger partial charge in [-0.2, -0.15) is 0 Å². The molecular formula is C14H15F4NO2. The highest BCUT2D eigenvalue weighted by Gasteiger charge is 2.44. The number of pyridine rings is 1. The zero-order valence-corrected chi connectivity index (χ0v) is 11.3. The van der Waals surface area contributed by atoms with Crippen molar-refractivity contribution in [1.82, 2.24) is 4.98 Å². The smallest absolute Gasteiger partial charge is 0.280 e. The summed E-state index contributed by atoms with van der Waals surface area (Å²) in [7, 11) is 0. The van der Waals surface area contributed by atoms with Gasteiger partial charge in [-0.3, -0.25) is 4.98 Å². The summed E-state index contributed by atoms with van der Waals surface area (Å²) in [6, 6.07) is 0. The highest BCUT2D eigenvalue weighted by Crippen LogP contribution is 2.44. The Bertz CT molecular complexity index is 556. The van der Waals surface area contributed by atoms with E-state index in [0.717, 1.165) is 6.20 Å². The second kappa shape index (κ2) is 4.83. The molecule has 3 nitrogen and oxygen atoms in total. The molecule has 116 valence electrons. The van der Waals surface area contributed by atoms with Crippen LogP contribution in [0.3, 0.4) is 0 Å². The van der Waals surface area contributed by atoms with Gasteiger partial charge >= 0.3 is 0 Å². The van der Waals surface area contributed by atoms with Crippen molar-refractivity contribution in [3.63, 3.8) is 0 Å². The summed E-state index contributed by atoms with van der Waals surface area (Å²) in [5.41, 5.74) is -1.87. The maximum Gasteiger partial charge on any atom is 0.280 e. The van der Waals surface area contributed by atoms with Crippen LogP contribution in [0, 0.1) is 0 Å². The van der Waals surface area contributed by atoms with Crippen LogP contribution in [0.2, 0.25) is 0 Å². The van der Waals surface area contributed by atoms with Gasteiger partial charge in [-0.15, -0.1) is 0 Å². The standard InChI is InChI=1S/C14H15F4NO2/c1-14(18)3-6(4-14)21-9-5-19-11(13(16)17)10-7(9)2-8(15)12(10)20/h5-6,8,12-13,20H,2-4H2,1H3/t6?,8-,12-,14?/m1/s1. The number of aliphatic hydroxyl groups is 1. The Hall–Kier alpha value is -1.37. The molecule has 0 aromatic carbocycles. The van der Waals surface area contributed by atoms with Gasteiger partial charge in [0.05, 0.1) is 6.20 Å². The molecule has 0 radical (unpaired) electrons. The third-order valence-electron chi connectivity index (χ3n) is 4.06. The largest absolute Gasteiger partial charge is 0.488 e. The molecule has 0 unspecified atom stereocenters. The Labute approximate surface area is 118 Å². The molecule has 1 aromatic heterocycles. The van der Waals surface area contributed by atoms with Gasteiger partial charge in [0.15, 0.2) is 0 Å². The van der Waals surface area contributed by atoms with Crippen molar-refractivity contribution in [2.45, 2.75) is 56.7 Å². The molecule has 2 aliphatic rings. The van der Waals surface area contributed by atoms with Crippen LogP contribution < -0.4 is 4.74 Å². The molecule has 0 aliphatic heterocycles. The summed E-state index contributed by atoms with van der Waals surface area (Å²) < 4.78 is 58.4. The molecule has 1 saturated carbocycles. The first-order chi connectivity index (χ1) is 9.78. The minimum Gasteiger partial charge on any atom is -0.488 e. The first-order valence-corrected chi connectivity index (χ1v) is 6.76. The molecule has 1 N–H and O–H groups in total. The third-order valence-corrected chi connectivity index (χ3v) is 4.06. The molecule has 0 bridgehead atoms. The van der Waals surface area contributed by atoms with E-state index in [1.807, 2.05) is 0 Å². The fraction of sp³-hybridized carbons (Fsp3) is 0.643. The number of aliphatic hydroxyl groups excluding tert-OH is 1. The Morgan fingerprint density at radius 1 is 1.43 bits per heavy atom. The lowest BCUT2D eigenvalue weighted by Gasteiger charge is -2.38. The number of fused-ring (bicyclic) bond motifs is 1. The van der Waals surface area contributed by atoms with E-state index in [9.17, 15) is 22.7 Å². The van der Waals surface area contributed by atoms with Crippen molar-refractivity contribution >= 4 is 0 Å². The predicted molar refractivity (Wildman–Crippen MR) is 65.9 cm³/mol. The number of ether oxygens (including phenoxy) is 1. The van der Waals surface area contributed by atoms with Crippen LogP contribution in [0.4, 0.5) is 17.6 Å². The molecule has 3 rings (SSSR count). The quantitative estimate of drug-likeness (QED) is 0.872. The maximum atomic E-state index is 13.7. The second-order valence-corrected chi connectivity index (χ2v) is 5.93. The van der Waals surface area contributed by atoms with Crippen LogP contribution in [0.15, 0.2) is 6.20 Å². The van der Waals surface area contributed by atoms with E-state index in [1.54, 1.807) is 0 Å². The van der Waals surface area contributed by atoms with E-state index in [2.05, 4.69) is 4.98 Å². The van der Waals surface area contributed by atoms with Crippen LogP contribution >= 0.6 is 0 Å². The number of halogens is 4. The molecule has 2 aliphatic carbocycles. The normalized spacial score (nSPS) is 34.7. The summed E-state index contributed by atoms with van der Waals surface area (Å²) in [4.78, 5) is 3.59. The third kappa shape index (κ3) is 2.47. The van der Waals surface area contributed by atoms with E-state index in [-0.39, 0.29) is 42.2 Å². The SMILES string of the molecule is CC1(F)CC(Oc2cnc(C(F)F)c3c2C[C@@H](F)[C@H]3O)C1. The Balaban J connectivity index is 1.90. The zero-order chi connectivity index (χ0) is 15.4. The van der Waals surface area contributed by atoms with Crippen molar-refractivity contribution in [3.05, 3.63) is 23.0 Å². The van der Waals surface area contributed by atoms with Crippen molar-refractivity contribution in [2.75, 3.05) is 0 Å². The van der Waals surface area contributed by atoms with Crippen molar-refractivity contribution in [2.24, 2.45) is 0 Å². The lowest BCUT2D eigenvalue weighted by Crippen LogP contribution is -2.44. The van der Waals surface area contributed by atoms with Crippen LogP contribution in [0.1, 0.15) is 49.1 Å². The first-order valence-electron chi connectivity index (χ1n) is 6.76. The summed E-state index contributed by atoms with van der Waals surface area (Å²) >= 11 is 0. The van der Waals surface area contributed by atoms with Gasteiger partial charge in [0.1, 0.15) is 35.5 Å². The van der Waals surface area contributed by atoms with Crippen LogP contribution in [-0.4, -0.2) is 28.0 Å². The summed E-state index contributed by atoms with van der Waals surface area (Å²) in [5, 5.41) is 9.73. The number of hydrogen-bond acceptors (Lipinski definition) is 3. The summed E-state index contributed by atoms with van der Waals surface area (Å²) in [6.07, 6.45) is -5.25. The Morgan fingerprint density at radius 3 is 2.67 bits per heavy atom. The highest BCUT2D eigenvalue weighted by atomic mass is 19.3. The number of rotatable bonds is 3. The highest BCUT2D eigenvalue weighted by molar-refractivity contribution is 5.47. The lowest BCUT2D eigenvalue weighted by molar-refractivity contribution is -0.0297. The number of aromatic nitrogens is 1. The van der Waals surface area contributed by atoms with E-state index in [0.29, 0.717) is 0 Å². The average Bonchev–Trinajstić information content (AvgIpc) is 2.64. The molecule has 1 aromatic rings. The first kappa shape index (κ1) is 14.6.